The van der Waals surface area contributed by atoms with Crippen LogP contribution in [-0.4, -0.2) is 46.0 Å². The van der Waals surface area contributed by atoms with Gasteiger partial charge in [-0.2, -0.15) is 0 Å². The van der Waals surface area contributed by atoms with Crippen molar-refractivity contribution in [3.8, 4) is 0 Å². The summed E-state index contributed by atoms with van der Waals surface area (Å²) in [6.45, 7) is 9.05. The van der Waals surface area contributed by atoms with Crippen molar-refractivity contribution in [2.45, 2.75) is 70.0 Å². The van der Waals surface area contributed by atoms with Gasteiger partial charge in [-0.05, 0) is 45.6 Å². The van der Waals surface area contributed by atoms with E-state index in [1.165, 1.54) is 23.1 Å². The molecule has 2 aromatic heterocycles. The monoisotopic (exact) mass is 452 g/mol. The molecule has 0 aromatic carbocycles. The maximum atomic E-state index is 13.4. The van der Waals surface area contributed by atoms with Crippen molar-refractivity contribution in [2.24, 2.45) is 0 Å². The van der Waals surface area contributed by atoms with E-state index in [1.807, 2.05) is 13.8 Å². The number of carbonyl (C=O) groups is 2. The van der Waals surface area contributed by atoms with Crippen molar-refractivity contribution >= 4 is 45.3 Å². The molecular weight excluding hydrogens is 424 g/mol. The fraction of sp³-hybridized carbons (Fsp3) is 0.600. The number of urea groups is 1. The highest BCUT2D eigenvalue weighted by Crippen LogP contribution is 2.31. The number of rotatable bonds is 7. The van der Waals surface area contributed by atoms with Crippen LogP contribution in [0.5, 0.6) is 0 Å². The van der Waals surface area contributed by atoms with Crippen LogP contribution < -0.4 is 16.2 Å². The third-order valence-corrected chi connectivity index (χ3v) is 7.20. The van der Waals surface area contributed by atoms with Gasteiger partial charge >= 0.3 is 6.03 Å². The van der Waals surface area contributed by atoms with E-state index in [1.54, 1.807) is 18.4 Å². The smallest absolute Gasteiger partial charge is 0.321 e. The number of aromatic nitrogens is 2. The number of imide groups is 1. The Kier molecular flexibility index (Phi) is 7.54. The molecular formula is C20H28N4O4S2. The summed E-state index contributed by atoms with van der Waals surface area (Å²) in [5.41, 5.74) is 0.947. The highest BCUT2D eigenvalue weighted by Gasteiger charge is 2.25. The molecule has 164 valence electrons. The van der Waals surface area contributed by atoms with E-state index in [9.17, 15) is 14.4 Å². The number of thiophene rings is 1. The fourth-order valence-corrected chi connectivity index (χ4v) is 5.60. The van der Waals surface area contributed by atoms with E-state index in [0.29, 0.717) is 35.1 Å². The lowest BCUT2D eigenvalue weighted by molar-refractivity contribution is -0.119. The van der Waals surface area contributed by atoms with Gasteiger partial charge in [0.2, 0.25) is 5.91 Å². The summed E-state index contributed by atoms with van der Waals surface area (Å²) in [5, 5.41) is 5.41. The normalized spacial score (nSPS) is 17.3. The molecule has 10 heteroatoms. The molecule has 0 saturated carbocycles. The number of hydrogen-bond donors (Lipinski definition) is 2. The van der Waals surface area contributed by atoms with Crippen LogP contribution in [0.25, 0.3) is 10.2 Å². The first-order valence-corrected chi connectivity index (χ1v) is 11.9. The van der Waals surface area contributed by atoms with Gasteiger partial charge < -0.3 is 10.1 Å². The Labute approximate surface area is 183 Å². The molecule has 3 rings (SSSR count). The zero-order valence-electron chi connectivity index (χ0n) is 17.7. The molecule has 3 amide bonds. The van der Waals surface area contributed by atoms with E-state index in [-0.39, 0.29) is 11.7 Å². The predicted molar refractivity (Wildman–Crippen MR) is 120 cm³/mol. The number of ether oxygens (including phenoxy) is 1. The van der Waals surface area contributed by atoms with Crippen molar-refractivity contribution in [1.29, 1.82) is 0 Å². The number of carbonyl (C=O) groups excluding carboxylic acids is 2. The van der Waals surface area contributed by atoms with Gasteiger partial charge in [0.05, 0.1) is 23.3 Å². The molecule has 3 heterocycles. The van der Waals surface area contributed by atoms with Crippen molar-refractivity contribution in [1.82, 2.24) is 20.2 Å². The first-order chi connectivity index (χ1) is 14.3. The van der Waals surface area contributed by atoms with Gasteiger partial charge in [0.1, 0.15) is 4.83 Å². The molecule has 0 aliphatic carbocycles. The van der Waals surface area contributed by atoms with Gasteiger partial charge in [-0.3, -0.25) is 19.5 Å². The van der Waals surface area contributed by atoms with Gasteiger partial charge in [0.15, 0.2) is 5.16 Å². The fourth-order valence-electron chi connectivity index (χ4n) is 3.53. The van der Waals surface area contributed by atoms with Gasteiger partial charge in [-0.1, -0.05) is 18.7 Å². The summed E-state index contributed by atoms with van der Waals surface area (Å²) >= 11 is 2.69. The van der Waals surface area contributed by atoms with Crippen LogP contribution in [0.1, 0.15) is 44.1 Å². The second kappa shape index (κ2) is 9.93. The van der Waals surface area contributed by atoms with Crippen LogP contribution in [0, 0.1) is 6.92 Å². The van der Waals surface area contributed by atoms with Crippen molar-refractivity contribution in [2.75, 3.05) is 13.2 Å². The third kappa shape index (κ3) is 4.87. The maximum absolute atomic E-state index is 13.4. The van der Waals surface area contributed by atoms with E-state index in [4.69, 9.17) is 9.72 Å². The first-order valence-electron chi connectivity index (χ1n) is 10.2. The molecule has 1 aliphatic rings. The average molecular weight is 453 g/mol. The number of nitrogens with one attached hydrogen (secondary N) is 2. The first kappa shape index (κ1) is 22.8. The van der Waals surface area contributed by atoms with Crippen LogP contribution in [0.4, 0.5) is 4.79 Å². The Morgan fingerprint density at radius 3 is 2.80 bits per heavy atom. The van der Waals surface area contributed by atoms with E-state index in [2.05, 4.69) is 10.6 Å². The molecule has 2 aromatic rings. The summed E-state index contributed by atoms with van der Waals surface area (Å²) in [7, 11) is 0. The van der Waals surface area contributed by atoms with Crippen molar-refractivity contribution < 1.29 is 14.3 Å². The molecule has 2 atom stereocenters. The van der Waals surface area contributed by atoms with E-state index in [0.717, 1.165) is 29.7 Å². The highest BCUT2D eigenvalue weighted by atomic mass is 32.2. The Morgan fingerprint density at radius 1 is 1.40 bits per heavy atom. The van der Waals surface area contributed by atoms with E-state index >= 15 is 0 Å². The summed E-state index contributed by atoms with van der Waals surface area (Å²) in [5.74, 6) is -0.430. The molecule has 30 heavy (non-hydrogen) atoms. The number of nitrogens with zero attached hydrogens (tertiary/aromatic N) is 2. The number of hydrogen-bond acceptors (Lipinski definition) is 7. The topological polar surface area (TPSA) is 102 Å². The zero-order chi connectivity index (χ0) is 21.8. The Balaban J connectivity index is 1.96. The molecule has 0 bridgehead atoms. The minimum atomic E-state index is -0.598. The van der Waals surface area contributed by atoms with Crippen molar-refractivity contribution in [3.63, 3.8) is 0 Å². The predicted octanol–water partition coefficient (Wildman–Crippen LogP) is 2.83. The number of fused-ring (bicyclic) bond motifs is 1. The Bertz CT molecular complexity index is 995. The van der Waals surface area contributed by atoms with Gasteiger partial charge in [0.25, 0.3) is 5.56 Å². The average Bonchev–Trinajstić information content (AvgIpc) is 3.31. The second-order valence-electron chi connectivity index (χ2n) is 7.22. The molecule has 2 N–H and O–H groups in total. The van der Waals surface area contributed by atoms with Gasteiger partial charge in [-0.15, -0.1) is 11.3 Å². The summed E-state index contributed by atoms with van der Waals surface area (Å²) < 4.78 is 7.39. The quantitative estimate of drug-likeness (QED) is 0.495. The largest absolute Gasteiger partial charge is 0.376 e. The molecule has 0 radical (unpaired) electrons. The molecule has 8 nitrogen and oxygen atoms in total. The molecule has 2 unspecified atom stereocenters. The lowest BCUT2D eigenvalue weighted by Crippen LogP contribution is -2.42. The Morgan fingerprint density at radius 2 is 2.17 bits per heavy atom. The summed E-state index contributed by atoms with van der Waals surface area (Å²) in [6, 6.07) is -0.531. The lowest BCUT2D eigenvalue weighted by Gasteiger charge is -2.18. The van der Waals surface area contributed by atoms with Gasteiger partial charge in [0, 0.05) is 18.0 Å². The van der Waals surface area contributed by atoms with Crippen LogP contribution in [0.15, 0.2) is 9.95 Å². The minimum Gasteiger partial charge on any atom is -0.376 e. The SMILES string of the molecule is CCNC(=O)NC(=O)C(C)Sc1nc2sc(C)c(CC)c2c(=O)n1CC1CCCO1. The standard InChI is InChI=1S/C20H28N4O4S2/c1-5-14-11(3)29-17-15(14)18(26)24(10-13-8-7-9-28-13)20(23-17)30-12(4)16(25)22-19(27)21-6-2/h12-13H,5-10H2,1-4H3,(H2,21,22,25,27). The molecule has 1 fully saturated rings. The second-order valence-corrected chi connectivity index (χ2v) is 9.74. The zero-order valence-corrected chi connectivity index (χ0v) is 19.4. The highest BCUT2D eigenvalue weighted by molar-refractivity contribution is 8.00. The number of thioether (sulfide) groups is 1. The Hall–Kier alpha value is -1.91. The number of aryl methyl sites for hydroxylation is 2. The summed E-state index contributed by atoms with van der Waals surface area (Å²) in [6.07, 6.45) is 2.59. The summed E-state index contributed by atoms with van der Waals surface area (Å²) in [4.78, 5) is 44.1. The molecule has 1 aliphatic heterocycles. The van der Waals surface area contributed by atoms with Crippen LogP contribution in [-0.2, 0) is 22.5 Å². The molecule has 1 saturated heterocycles. The van der Waals surface area contributed by atoms with Crippen LogP contribution in [0.3, 0.4) is 0 Å². The number of amides is 3. The minimum absolute atomic E-state index is 0.0365. The van der Waals surface area contributed by atoms with Crippen molar-refractivity contribution in [3.05, 3.63) is 20.8 Å². The maximum Gasteiger partial charge on any atom is 0.321 e. The third-order valence-electron chi connectivity index (χ3n) is 5.07. The molecule has 0 spiro atoms. The van der Waals surface area contributed by atoms with E-state index < -0.39 is 17.2 Å². The van der Waals surface area contributed by atoms with Gasteiger partial charge in [-0.25, -0.2) is 9.78 Å². The van der Waals surface area contributed by atoms with Crippen LogP contribution in [0.2, 0.25) is 0 Å². The van der Waals surface area contributed by atoms with Crippen LogP contribution >= 0.6 is 23.1 Å². The lowest BCUT2D eigenvalue weighted by atomic mass is 10.1.